The first-order valence-electron chi connectivity index (χ1n) is 27.5. The van der Waals surface area contributed by atoms with E-state index in [0.717, 1.165) is 55.8 Å². The molecule has 12 aromatic rings. The molecule has 12 rings (SSSR count). The molecule has 0 aliphatic carbocycles. The fraction of sp³-hybridized carbons (Fsp3) is 0.333. The standard InChI is InChI=1S/C72H75N3/c1-67(2,3)44-27-19-40(20-28-44)56-52-39-53-57(41-21-29-45(30-22-41)68(4,5)6)61(43-25-33-47(34-26-43)70(10,11)12)74-63-55-38-49(72(16,17)18)36-51-50-35-48(71(13,14)15)37-54-62(58(52)66(59(53)63)75(64(50)54)65(51)55)73-60(56)42-23-31-46(32-24-42)69(7,8)9/h19-39H,1-18H3. The van der Waals surface area contributed by atoms with Gasteiger partial charge in [-0.05, 0) is 118 Å². The van der Waals surface area contributed by atoms with Crippen molar-refractivity contribution in [1.82, 2.24) is 14.4 Å². The van der Waals surface area contributed by atoms with Crippen molar-refractivity contribution in [2.75, 3.05) is 0 Å². The predicted octanol–water partition coefficient (Wildman–Crippen LogP) is 20.4. The molecular weight excluding hydrogens is 907 g/mol. The highest BCUT2D eigenvalue weighted by atomic mass is 14.9. The molecule has 5 heterocycles. The fourth-order valence-electron chi connectivity index (χ4n) is 12.1. The first-order chi connectivity index (χ1) is 35.0. The molecule has 0 atom stereocenters. The van der Waals surface area contributed by atoms with Gasteiger partial charge in [-0.25, -0.2) is 9.97 Å². The van der Waals surface area contributed by atoms with E-state index in [1.807, 2.05) is 0 Å². The van der Waals surface area contributed by atoms with E-state index in [2.05, 4.69) is 256 Å². The summed E-state index contributed by atoms with van der Waals surface area (Å²) >= 11 is 0. The smallest absolute Gasteiger partial charge is 0.0831 e. The van der Waals surface area contributed by atoms with E-state index >= 15 is 0 Å². The average molecular weight is 982 g/mol. The van der Waals surface area contributed by atoms with Crippen molar-refractivity contribution in [2.45, 2.75) is 157 Å². The molecule has 378 valence electrons. The van der Waals surface area contributed by atoms with E-state index in [1.54, 1.807) is 0 Å². The lowest BCUT2D eigenvalue weighted by Gasteiger charge is -2.26. The first-order valence-corrected chi connectivity index (χ1v) is 27.5. The van der Waals surface area contributed by atoms with Crippen molar-refractivity contribution in [3.05, 3.63) is 161 Å². The Balaban J connectivity index is 1.38. The molecule has 0 aliphatic rings. The van der Waals surface area contributed by atoms with Crippen LogP contribution in [0.5, 0.6) is 0 Å². The van der Waals surface area contributed by atoms with Gasteiger partial charge >= 0.3 is 0 Å². The van der Waals surface area contributed by atoms with Crippen LogP contribution in [0.25, 0.3) is 115 Å². The summed E-state index contributed by atoms with van der Waals surface area (Å²) in [6.07, 6.45) is 0. The minimum atomic E-state index is -0.118. The predicted molar refractivity (Wildman–Crippen MR) is 326 cm³/mol. The Morgan fingerprint density at radius 1 is 0.267 bits per heavy atom. The second-order valence-corrected chi connectivity index (χ2v) is 28.4. The molecular formula is C72H75N3. The minimum absolute atomic E-state index is 0.00224. The summed E-state index contributed by atoms with van der Waals surface area (Å²) in [5.41, 5.74) is 22.2. The van der Waals surface area contributed by atoms with Gasteiger partial charge in [0.25, 0.3) is 0 Å². The van der Waals surface area contributed by atoms with Gasteiger partial charge in [0.2, 0.25) is 0 Å². The van der Waals surface area contributed by atoms with Gasteiger partial charge in [0.05, 0.1) is 39.0 Å². The second kappa shape index (κ2) is 15.9. The van der Waals surface area contributed by atoms with Crippen LogP contribution in [0, 0.1) is 0 Å². The van der Waals surface area contributed by atoms with E-state index < -0.39 is 0 Å². The van der Waals surface area contributed by atoms with Crippen LogP contribution in [0.3, 0.4) is 0 Å². The van der Waals surface area contributed by atoms with Gasteiger partial charge in [-0.3, -0.25) is 0 Å². The number of hydrogen-bond donors (Lipinski definition) is 0. The molecule has 0 N–H and O–H groups in total. The topological polar surface area (TPSA) is 30.2 Å². The van der Waals surface area contributed by atoms with Gasteiger partial charge in [-0.1, -0.05) is 222 Å². The summed E-state index contributed by atoms with van der Waals surface area (Å²) in [5, 5.41) is 9.73. The van der Waals surface area contributed by atoms with Crippen LogP contribution in [-0.2, 0) is 32.5 Å². The number of fused-ring (bicyclic) bond motifs is 3. The Hall–Kier alpha value is -6.84. The molecule has 75 heavy (non-hydrogen) atoms. The molecule has 0 saturated carbocycles. The molecule has 0 saturated heterocycles. The van der Waals surface area contributed by atoms with E-state index in [9.17, 15) is 0 Å². The molecule has 0 amide bonds. The van der Waals surface area contributed by atoms with Crippen molar-refractivity contribution >= 4 is 70.7 Å². The van der Waals surface area contributed by atoms with Gasteiger partial charge in [0, 0.05) is 54.6 Å². The maximum atomic E-state index is 6.11. The lowest BCUT2D eigenvalue weighted by molar-refractivity contribution is 0.590. The minimum Gasteiger partial charge on any atom is -0.306 e. The fourth-order valence-corrected chi connectivity index (χ4v) is 12.1. The lowest BCUT2D eigenvalue weighted by Crippen LogP contribution is -2.12. The molecule has 0 fully saturated rings. The molecule has 0 aliphatic heterocycles. The van der Waals surface area contributed by atoms with Crippen LogP contribution in [0.4, 0.5) is 0 Å². The van der Waals surface area contributed by atoms with Crippen LogP contribution in [0.1, 0.15) is 158 Å². The van der Waals surface area contributed by atoms with Crippen LogP contribution >= 0.6 is 0 Å². The summed E-state index contributed by atoms with van der Waals surface area (Å²) in [5.74, 6) is 0. The number of benzene rings is 7. The molecule has 0 radical (unpaired) electrons. The number of rotatable bonds is 4. The van der Waals surface area contributed by atoms with E-state index in [0.29, 0.717) is 0 Å². The van der Waals surface area contributed by atoms with Crippen LogP contribution in [0.15, 0.2) is 127 Å². The molecule has 3 nitrogen and oxygen atoms in total. The van der Waals surface area contributed by atoms with E-state index in [1.165, 1.54) is 93.0 Å². The summed E-state index contributed by atoms with van der Waals surface area (Å²) in [6.45, 7) is 41.7. The monoisotopic (exact) mass is 982 g/mol. The highest BCUT2D eigenvalue weighted by Gasteiger charge is 2.33. The quantitative estimate of drug-likeness (QED) is 0.130. The van der Waals surface area contributed by atoms with Crippen LogP contribution < -0.4 is 0 Å². The van der Waals surface area contributed by atoms with Crippen molar-refractivity contribution in [3.8, 4) is 44.8 Å². The lowest BCUT2D eigenvalue weighted by atomic mass is 9.82. The Morgan fingerprint density at radius 2 is 0.533 bits per heavy atom. The Morgan fingerprint density at radius 3 is 0.813 bits per heavy atom. The van der Waals surface area contributed by atoms with Gasteiger partial charge < -0.3 is 4.40 Å². The highest BCUT2D eigenvalue weighted by molar-refractivity contribution is 6.39. The molecule has 5 aromatic heterocycles. The zero-order valence-electron chi connectivity index (χ0n) is 48.0. The average Bonchev–Trinajstić information content (AvgIpc) is 3.82. The third kappa shape index (κ3) is 7.64. The Bertz CT molecular complexity index is 3920. The normalized spacial score (nSPS) is 13.7. The summed E-state index contributed by atoms with van der Waals surface area (Å²) in [6, 6.07) is 49.9. The summed E-state index contributed by atoms with van der Waals surface area (Å²) in [4.78, 5) is 12.2. The van der Waals surface area contributed by atoms with Gasteiger partial charge in [0.15, 0.2) is 0 Å². The number of nitrogens with zero attached hydrogens (tertiary/aromatic N) is 3. The first kappa shape index (κ1) is 49.1. The Kier molecular flexibility index (Phi) is 10.4. The molecule has 0 bridgehead atoms. The van der Waals surface area contributed by atoms with Crippen LogP contribution in [-0.4, -0.2) is 14.4 Å². The van der Waals surface area contributed by atoms with Crippen molar-refractivity contribution in [2.24, 2.45) is 0 Å². The van der Waals surface area contributed by atoms with Gasteiger partial charge in [0.1, 0.15) is 0 Å². The third-order valence-electron chi connectivity index (χ3n) is 16.8. The van der Waals surface area contributed by atoms with Crippen molar-refractivity contribution in [3.63, 3.8) is 0 Å². The largest absolute Gasteiger partial charge is 0.306 e. The molecule has 0 spiro atoms. The zero-order valence-corrected chi connectivity index (χ0v) is 48.0. The summed E-state index contributed by atoms with van der Waals surface area (Å²) < 4.78 is 2.66. The number of hydrogen-bond acceptors (Lipinski definition) is 2. The second-order valence-electron chi connectivity index (χ2n) is 28.4. The van der Waals surface area contributed by atoms with Gasteiger partial charge in [-0.2, -0.15) is 0 Å². The maximum Gasteiger partial charge on any atom is 0.0831 e. The number of pyridine rings is 4. The highest BCUT2D eigenvalue weighted by Crippen LogP contribution is 2.54. The molecule has 7 aromatic carbocycles. The van der Waals surface area contributed by atoms with Crippen molar-refractivity contribution in [1.29, 1.82) is 0 Å². The molecule has 0 unspecified atom stereocenters. The van der Waals surface area contributed by atoms with E-state index in [-0.39, 0.29) is 32.5 Å². The van der Waals surface area contributed by atoms with Crippen molar-refractivity contribution < 1.29 is 0 Å². The zero-order chi connectivity index (χ0) is 53.4. The SMILES string of the molecule is CC(C)(C)c1ccc(-c2nc3c4cc(C(C)(C)C)cc5c6cc(C(C)(C)C)cc7c8nc(-c9ccc(C(C)(C)C)cc9)c(-c9ccc(C(C)(C)C)cc9)c9cc(c2-c2ccc(C(C)(C)C)cc2)c3c(c98)n(c54)c67)cc1. The van der Waals surface area contributed by atoms with Crippen LogP contribution in [0.2, 0.25) is 0 Å². The number of aromatic nitrogens is 3. The Labute approximate surface area is 445 Å². The summed E-state index contributed by atoms with van der Waals surface area (Å²) in [7, 11) is 0. The third-order valence-corrected chi connectivity index (χ3v) is 16.8. The molecule has 3 heteroatoms. The van der Waals surface area contributed by atoms with Gasteiger partial charge in [-0.15, -0.1) is 0 Å². The maximum absolute atomic E-state index is 6.11. The van der Waals surface area contributed by atoms with E-state index in [4.69, 9.17) is 9.97 Å².